The summed E-state index contributed by atoms with van der Waals surface area (Å²) >= 11 is 7.07. The molecule has 0 unspecified atom stereocenters. The summed E-state index contributed by atoms with van der Waals surface area (Å²) in [7, 11) is 0. The molecule has 0 saturated heterocycles. The molecule has 5 rings (SSSR count). The van der Waals surface area contributed by atoms with E-state index in [1.807, 2.05) is 11.5 Å². The van der Waals surface area contributed by atoms with E-state index in [4.69, 9.17) is 11.6 Å². The van der Waals surface area contributed by atoms with Crippen LogP contribution in [0.1, 0.15) is 29.1 Å². The minimum atomic E-state index is -0.709. The van der Waals surface area contributed by atoms with E-state index >= 15 is 0 Å². The van der Waals surface area contributed by atoms with Gasteiger partial charge in [-0.25, -0.2) is 13.8 Å². The quantitative estimate of drug-likeness (QED) is 0.448. The Bertz CT molecular complexity index is 1290. The molecule has 30 heavy (non-hydrogen) atoms. The lowest BCUT2D eigenvalue weighted by Gasteiger charge is -2.33. The van der Waals surface area contributed by atoms with Crippen LogP contribution in [-0.2, 0) is 6.54 Å². The van der Waals surface area contributed by atoms with Crippen molar-refractivity contribution in [1.82, 2.24) is 24.6 Å². The number of carbonyl (C=O) groups is 1. The number of benzene rings is 2. The predicted octanol–water partition coefficient (Wildman–Crippen LogP) is 4.70. The van der Waals surface area contributed by atoms with Gasteiger partial charge in [-0.2, -0.15) is 0 Å². The van der Waals surface area contributed by atoms with Crippen molar-refractivity contribution in [1.29, 1.82) is 0 Å². The number of thiazole rings is 1. The SMILES string of the molecule is C[C@@H]1c2nnc(-c3nc4c(F)cc(F)cc4s3)n2CCN1C(=O)c1ccc(Cl)cc1. The normalized spacial score (nSPS) is 16.1. The minimum absolute atomic E-state index is 0.108. The van der Waals surface area contributed by atoms with Crippen LogP contribution in [0.4, 0.5) is 8.78 Å². The summed E-state index contributed by atoms with van der Waals surface area (Å²) in [5.41, 5.74) is 0.653. The highest BCUT2D eigenvalue weighted by Gasteiger charge is 2.32. The Morgan fingerprint density at radius 2 is 1.93 bits per heavy atom. The number of fused-ring (bicyclic) bond motifs is 2. The molecule has 0 aliphatic carbocycles. The molecule has 1 atom stereocenters. The first kappa shape index (κ1) is 19.1. The number of nitrogens with zero attached hydrogens (tertiary/aromatic N) is 5. The molecule has 0 spiro atoms. The summed E-state index contributed by atoms with van der Waals surface area (Å²) in [6.45, 7) is 2.80. The average Bonchev–Trinajstić information content (AvgIpc) is 3.33. The van der Waals surface area contributed by atoms with Gasteiger partial charge in [0.25, 0.3) is 5.91 Å². The van der Waals surface area contributed by atoms with Gasteiger partial charge in [0.2, 0.25) is 0 Å². The van der Waals surface area contributed by atoms with E-state index < -0.39 is 11.6 Å². The van der Waals surface area contributed by atoms with Gasteiger partial charge in [0.05, 0.1) is 10.7 Å². The molecule has 0 bridgehead atoms. The topological polar surface area (TPSA) is 63.9 Å². The number of hydrogen-bond donors (Lipinski definition) is 0. The van der Waals surface area contributed by atoms with E-state index in [0.717, 1.165) is 17.4 Å². The summed E-state index contributed by atoms with van der Waals surface area (Å²) in [6, 6.07) is 8.49. The van der Waals surface area contributed by atoms with Crippen molar-refractivity contribution >= 4 is 39.1 Å². The number of rotatable bonds is 2. The monoisotopic (exact) mass is 445 g/mol. The van der Waals surface area contributed by atoms with Crippen LogP contribution in [0.2, 0.25) is 5.02 Å². The second-order valence-corrected chi connectivity index (χ2v) is 8.44. The van der Waals surface area contributed by atoms with Crippen molar-refractivity contribution in [3.8, 4) is 10.8 Å². The predicted molar refractivity (Wildman–Crippen MR) is 109 cm³/mol. The first-order chi connectivity index (χ1) is 14.4. The van der Waals surface area contributed by atoms with Gasteiger partial charge in [-0.1, -0.05) is 11.6 Å². The molecule has 6 nitrogen and oxygen atoms in total. The Kier molecular flexibility index (Phi) is 4.52. The molecule has 0 N–H and O–H groups in total. The van der Waals surface area contributed by atoms with E-state index in [0.29, 0.717) is 45.0 Å². The van der Waals surface area contributed by atoms with Crippen LogP contribution in [0, 0.1) is 11.6 Å². The molecular formula is C20H14ClF2N5OS. The summed E-state index contributed by atoms with van der Waals surface area (Å²) in [6.07, 6.45) is 0. The zero-order valence-electron chi connectivity index (χ0n) is 15.6. The Balaban J connectivity index is 1.49. The number of halogens is 3. The third kappa shape index (κ3) is 3.05. The lowest BCUT2D eigenvalue weighted by molar-refractivity contribution is 0.0638. The largest absolute Gasteiger partial charge is 0.327 e. The van der Waals surface area contributed by atoms with Gasteiger partial charge in [0.15, 0.2) is 22.5 Å². The molecule has 2 aromatic heterocycles. The third-order valence-electron chi connectivity index (χ3n) is 5.14. The summed E-state index contributed by atoms with van der Waals surface area (Å²) in [4.78, 5) is 19.0. The standard InChI is InChI=1S/C20H14ClF2N5OS/c1-10-17-25-26-18(19-24-16-14(23)8-13(22)9-15(16)30-19)28(17)7-6-27(10)20(29)11-2-4-12(21)5-3-11/h2-5,8-10H,6-7H2,1H3/t10-/m1/s1. The van der Waals surface area contributed by atoms with Gasteiger partial charge in [0, 0.05) is 29.7 Å². The molecule has 1 amide bonds. The highest BCUT2D eigenvalue weighted by molar-refractivity contribution is 7.21. The maximum absolute atomic E-state index is 14.0. The van der Waals surface area contributed by atoms with Crippen molar-refractivity contribution in [2.24, 2.45) is 0 Å². The van der Waals surface area contributed by atoms with Crippen molar-refractivity contribution in [2.45, 2.75) is 19.5 Å². The van der Waals surface area contributed by atoms with E-state index in [1.54, 1.807) is 29.2 Å². The fourth-order valence-corrected chi connectivity index (χ4v) is 4.76. The second kappa shape index (κ2) is 7.10. The lowest BCUT2D eigenvalue weighted by Crippen LogP contribution is -2.41. The first-order valence-electron chi connectivity index (χ1n) is 9.18. The van der Waals surface area contributed by atoms with Crippen molar-refractivity contribution in [3.05, 3.63) is 64.4 Å². The summed E-state index contributed by atoms with van der Waals surface area (Å²) in [5, 5.41) is 9.52. The lowest BCUT2D eigenvalue weighted by atomic mass is 10.1. The second-order valence-electron chi connectivity index (χ2n) is 6.97. The van der Waals surface area contributed by atoms with Gasteiger partial charge in [-0.05, 0) is 37.3 Å². The molecule has 1 aliphatic rings. The minimum Gasteiger partial charge on any atom is -0.327 e. The Hall–Kier alpha value is -2.91. The molecule has 3 heterocycles. The van der Waals surface area contributed by atoms with Gasteiger partial charge in [-0.3, -0.25) is 4.79 Å². The fourth-order valence-electron chi connectivity index (χ4n) is 3.63. The molecule has 0 radical (unpaired) electrons. The molecule has 0 saturated carbocycles. The number of aromatic nitrogens is 4. The molecule has 152 valence electrons. The zero-order valence-corrected chi connectivity index (χ0v) is 17.2. The van der Waals surface area contributed by atoms with E-state index in [1.165, 1.54) is 6.07 Å². The third-order valence-corrected chi connectivity index (χ3v) is 6.39. The molecule has 4 aromatic rings. The van der Waals surface area contributed by atoms with Gasteiger partial charge < -0.3 is 9.47 Å². The maximum Gasteiger partial charge on any atom is 0.254 e. The average molecular weight is 446 g/mol. The molecule has 1 aliphatic heterocycles. The van der Waals surface area contributed by atoms with Gasteiger partial charge in [-0.15, -0.1) is 21.5 Å². The first-order valence-corrected chi connectivity index (χ1v) is 10.4. The Morgan fingerprint density at radius 3 is 2.70 bits per heavy atom. The van der Waals surface area contributed by atoms with Crippen molar-refractivity contribution in [3.63, 3.8) is 0 Å². The van der Waals surface area contributed by atoms with E-state index in [-0.39, 0.29) is 17.5 Å². The van der Waals surface area contributed by atoms with Crippen molar-refractivity contribution < 1.29 is 13.6 Å². The zero-order chi connectivity index (χ0) is 21.0. The molecular weight excluding hydrogens is 432 g/mol. The van der Waals surface area contributed by atoms with Crippen LogP contribution < -0.4 is 0 Å². The van der Waals surface area contributed by atoms with Gasteiger partial charge >= 0.3 is 0 Å². The highest BCUT2D eigenvalue weighted by atomic mass is 35.5. The smallest absolute Gasteiger partial charge is 0.254 e. The Morgan fingerprint density at radius 1 is 1.17 bits per heavy atom. The van der Waals surface area contributed by atoms with Crippen LogP contribution in [0.3, 0.4) is 0 Å². The molecule has 10 heteroatoms. The fraction of sp³-hybridized carbons (Fsp3) is 0.200. The van der Waals surface area contributed by atoms with Crippen LogP contribution in [0.5, 0.6) is 0 Å². The summed E-state index contributed by atoms with van der Waals surface area (Å²) < 4.78 is 29.8. The number of hydrogen-bond acceptors (Lipinski definition) is 5. The highest BCUT2D eigenvalue weighted by Crippen LogP contribution is 2.34. The van der Waals surface area contributed by atoms with Crippen LogP contribution in [0.25, 0.3) is 21.0 Å². The van der Waals surface area contributed by atoms with E-state index in [2.05, 4.69) is 15.2 Å². The van der Waals surface area contributed by atoms with Crippen LogP contribution in [-0.4, -0.2) is 37.1 Å². The Labute approximate surface area is 178 Å². The van der Waals surface area contributed by atoms with Crippen LogP contribution in [0.15, 0.2) is 36.4 Å². The molecule has 2 aromatic carbocycles. The summed E-state index contributed by atoms with van der Waals surface area (Å²) in [5.74, 6) is -0.379. The number of carbonyl (C=O) groups excluding carboxylic acids is 1. The van der Waals surface area contributed by atoms with E-state index in [9.17, 15) is 13.6 Å². The van der Waals surface area contributed by atoms with Gasteiger partial charge in [0.1, 0.15) is 11.3 Å². The van der Waals surface area contributed by atoms with Crippen molar-refractivity contribution in [2.75, 3.05) is 6.54 Å². The maximum atomic E-state index is 14.0. The molecule has 0 fully saturated rings. The number of amides is 1. The van der Waals surface area contributed by atoms with Crippen LogP contribution >= 0.6 is 22.9 Å².